The Bertz CT molecular complexity index is 493. The van der Waals surface area contributed by atoms with E-state index < -0.39 is 6.10 Å². The van der Waals surface area contributed by atoms with E-state index in [1.54, 1.807) is 7.11 Å². The molecular formula is C16H23ClN2O3. The maximum atomic E-state index is 12.3. The number of amides is 1. The summed E-state index contributed by atoms with van der Waals surface area (Å²) in [6, 6.07) is 7.81. The first kappa shape index (κ1) is 17.1. The van der Waals surface area contributed by atoms with Crippen LogP contribution in [-0.2, 0) is 16.0 Å². The van der Waals surface area contributed by atoms with Crippen LogP contribution in [0.25, 0.3) is 0 Å². The van der Waals surface area contributed by atoms with Gasteiger partial charge in [-0.2, -0.15) is 0 Å². The molecule has 1 saturated heterocycles. The van der Waals surface area contributed by atoms with Gasteiger partial charge in [-0.05, 0) is 31.0 Å². The molecule has 2 atom stereocenters. The Balaban J connectivity index is 0.00000176. The molecule has 0 radical (unpaired) electrons. The van der Waals surface area contributed by atoms with Crippen LogP contribution >= 0.6 is 12.4 Å². The monoisotopic (exact) mass is 326 g/mol. The zero-order valence-electron chi connectivity index (χ0n) is 12.8. The van der Waals surface area contributed by atoms with Gasteiger partial charge in [-0.1, -0.05) is 18.2 Å². The van der Waals surface area contributed by atoms with Gasteiger partial charge in [-0.25, -0.2) is 0 Å². The molecule has 1 amide bonds. The number of carbonyl (C=O) groups excluding carboxylic acids is 1. The number of hydrogen-bond donors (Lipinski definition) is 2. The van der Waals surface area contributed by atoms with Gasteiger partial charge < -0.3 is 20.1 Å². The SMILES string of the molecule is COCC1(CNC(=O)C2Cc3ccccc3O2)CCCN1.Cl. The Hall–Kier alpha value is -1.30. The van der Waals surface area contributed by atoms with E-state index in [-0.39, 0.29) is 23.9 Å². The Morgan fingerprint density at radius 2 is 2.32 bits per heavy atom. The lowest BCUT2D eigenvalue weighted by Gasteiger charge is -2.29. The lowest BCUT2D eigenvalue weighted by molar-refractivity contribution is -0.127. The molecule has 0 saturated carbocycles. The number of benzene rings is 1. The highest BCUT2D eigenvalue weighted by Crippen LogP contribution is 2.28. The van der Waals surface area contributed by atoms with Gasteiger partial charge in [0.1, 0.15) is 5.75 Å². The quantitative estimate of drug-likeness (QED) is 0.856. The summed E-state index contributed by atoms with van der Waals surface area (Å²) in [6.45, 7) is 2.17. The molecule has 0 spiro atoms. The molecule has 2 N–H and O–H groups in total. The zero-order chi connectivity index (χ0) is 14.7. The summed E-state index contributed by atoms with van der Waals surface area (Å²) in [5.41, 5.74) is 0.971. The second-order valence-electron chi connectivity index (χ2n) is 5.88. The third-order valence-electron chi connectivity index (χ3n) is 4.29. The second kappa shape index (κ2) is 7.31. The number of fused-ring (bicyclic) bond motifs is 1. The van der Waals surface area contributed by atoms with E-state index in [0.717, 1.165) is 30.7 Å². The van der Waals surface area contributed by atoms with E-state index in [2.05, 4.69) is 10.6 Å². The Labute approximate surface area is 137 Å². The number of ether oxygens (including phenoxy) is 2. The van der Waals surface area contributed by atoms with Gasteiger partial charge in [0.25, 0.3) is 5.91 Å². The van der Waals surface area contributed by atoms with E-state index in [4.69, 9.17) is 9.47 Å². The predicted octanol–water partition coefficient (Wildman–Crippen LogP) is 1.30. The van der Waals surface area contributed by atoms with Crippen LogP contribution in [0.3, 0.4) is 0 Å². The first-order valence-corrected chi connectivity index (χ1v) is 7.49. The third kappa shape index (κ3) is 3.54. The Kier molecular flexibility index (Phi) is 5.67. The normalized spacial score (nSPS) is 26.0. The van der Waals surface area contributed by atoms with E-state index in [9.17, 15) is 4.79 Å². The molecule has 2 aliphatic rings. The molecule has 0 bridgehead atoms. The fourth-order valence-electron chi connectivity index (χ4n) is 3.17. The lowest BCUT2D eigenvalue weighted by Crippen LogP contribution is -2.54. The van der Waals surface area contributed by atoms with E-state index in [0.29, 0.717) is 19.6 Å². The fraction of sp³-hybridized carbons (Fsp3) is 0.562. The number of carbonyl (C=O) groups is 1. The van der Waals surface area contributed by atoms with Crippen LogP contribution in [0.5, 0.6) is 5.75 Å². The van der Waals surface area contributed by atoms with Crippen LogP contribution in [0.4, 0.5) is 0 Å². The van der Waals surface area contributed by atoms with E-state index in [1.165, 1.54) is 0 Å². The van der Waals surface area contributed by atoms with Crippen molar-refractivity contribution in [1.29, 1.82) is 0 Å². The molecule has 2 unspecified atom stereocenters. The summed E-state index contributed by atoms with van der Waals surface area (Å²) in [7, 11) is 1.69. The van der Waals surface area contributed by atoms with E-state index >= 15 is 0 Å². The number of halogens is 1. The molecular weight excluding hydrogens is 304 g/mol. The number of para-hydroxylation sites is 1. The van der Waals surface area contributed by atoms with Crippen LogP contribution in [-0.4, -0.2) is 44.4 Å². The van der Waals surface area contributed by atoms with Crippen LogP contribution in [0, 0.1) is 0 Å². The van der Waals surface area contributed by atoms with Crippen molar-refractivity contribution < 1.29 is 14.3 Å². The molecule has 122 valence electrons. The van der Waals surface area contributed by atoms with Crippen molar-refractivity contribution in [3.05, 3.63) is 29.8 Å². The van der Waals surface area contributed by atoms with Gasteiger partial charge in [0.15, 0.2) is 6.10 Å². The first-order chi connectivity index (χ1) is 10.2. The van der Waals surface area contributed by atoms with Crippen LogP contribution < -0.4 is 15.4 Å². The minimum absolute atomic E-state index is 0. The molecule has 3 rings (SSSR count). The number of hydrogen-bond acceptors (Lipinski definition) is 4. The minimum Gasteiger partial charge on any atom is -0.480 e. The van der Waals surface area contributed by atoms with Crippen molar-refractivity contribution in [3.8, 4) is 5.75 Å². The molecule has 1 aromatic rings. The summed E-state index contributed by atoms with van der Waals surface area (Å²) >= 11 is 0. The van der Waals surface area contributed by atoms with Crippen molar-refractivity contribution in [2.45, 2.75) is 30.9 Å². The average molecular weight is 327 g/mol. The maximum absolute atomic E-state index is 12.3. The topological polar surface area (TPSA) is 59.6 Å². The maximum Gasteiger partial charge on any atom is 0.261 e. The number of rotatable bonds is 5. The van der Waals surface area contributed by atoms with Crippen molar-refractivity contribution in [1.82, 2.24) is 10.6 Å². The van der Waals surface area contributed by atoms with Crippen molar-refractivity contribution >= 4 is 18.3 Å². The van der Waals surface area contributed by atoms with Gasteiger partial charge in [0, 0.05) is 20.1 Å². The molecule has 2 heterocycles. The first-order valence-electron chi connectivity index (χ1n) is 7.49. The molecule has 22 heavy (non-hydrogen) atoms. The zero-order valence-corrected chi connectivity index (χ0v) is 13.6. The summed E-state index contributed by atoms with van der Waals surface area (Å²) in [4.78, 5) is 12.3. The molecule has 2 aliphatic heterocycles. The molecule has 6 heteroatoms. The van der Waals surface area contributed by atoms with Gasteiger partial charge in [0.05, 0.1) is 12.1 Å². The summed E-state index contributed by atoms with van der Waals surface area (Å²) < 4.78 is 11.0. The van der Waals surface area contributed by atoms with Gasteiger partial charge in [-0.3, -0.25) is 4.79 Å². The summed E-state index contributed by atoms with van der Waals surface area (Å²) in [5, 5.41) is 6.47. The van der Waals surface area contributed by atoms with Gasteiger partial charge in [-0.15, -0.1) is 12.4 Å². The van der Waals surface area contributed by atoms with Crippen molar-refractivity contribution in [2.24, 2.45) is 0 Å². The van der Waals surface area contributed by atoms with Gasteiger partial charge in [0.2, 0.25) is 0 Å². The second-order valence-corrected chi connectivity index (χ2v) is 5.88. The molecule has 1 aromatic carbocycles. The third-order valence-corrected chi connectivity index (χ3v) is 4.29. The standard InChI is InChI=1S/C16H22N2O3.ClH/c1-20-11-16(7-4-8-18-16)10-17-15(19)14-9-12-5-2-3-6-13(12)21-14;/h2-3,5-6,14,18H,4,7-11H2,1H3,(H,17,19);1H. The Morgan fingerprint density at radius 1 is 1.50 bits per heavy atom. The summed E-state index contributed by atoms with van der Waals surface area (Å²) in [5.74, 6) is 0.777. The van der Waals surface area contributed by atoms with Crippen molar-refractivity contribution in [3.63, 3.8) is 0 Å². The minimum atomic E-state index is -0.414. The van der Waals surface area contributed by atoms with E-state index in [1.807, 2.05) is 24.3 Å². The highest BCUT2D eigenvalue weighted by molar-refractivity contribution is 5.85. The van der Waals surface area contributed by atoms with Gasteiger partial charge >= 0.3 is 0 Å². The lowest BCUT2D eigenvalue weighted by atomic mass is 9.98. The largest absolute Gasteiger partial charge is 0.480 e. The molecule has 5 nitrogen and oxygen atoms in total. The summed E-state index contributed by atoms with van der Waals surface area (Å²) in [6.07, 6.45) is 2.37. The van der Waals surface area contributed by atoms with Crippen molar-refractivity contribution in [2.75, 3.05) is 26.8 Å². The smallest absolute Gasteiger partial charge is 0.261 e. The average Bonchev–Trinajstić information content (AvgIpc) is 3.12. The number of methoxy groups -OCH3 is 1. The molecule has 0 aromatic heterocycles. The highest BCUT2D eigenvalue weighted by atomic mass is 35.5. The highest BCUT2D eigenvalue weighted by Gasteiger charge is 2.35. The molecule has 0 aliphatic carbocycles. The van der Waals surface area contributed by atoms with Crippen LogP contribution in [0.1, 0.15) is 18.4 Å². The number of nitrogens with one attached hydrogen (secondary N) is 2. The fourth-order valence-corrected chi connectivity index (χ4v) is 3.17. The molecule has 1 fully saturated rings. The van der Waals surface area contributed by atoms with Crippen LogP contribution in [0.15, 0.2) is 24.3 Å². The Morgan fingerprint density at radius 3 is 3.00 bits per heavy atom. The van der Waals surface area contributed by atoms with Crippen LogP contribution in [0.2, 0.25) is 0 Å². The predicted molar refractivity (Wildman–Crippen MR) is 86.7 cm³/mol.